The molecule has 1 aliphatic heterocycles. The first-order valence-corrected chi connectivity index (χ1v) is 13.4. The van der Waals surface area contributed by atoms with Crippen molar-refractivity contribution in [3.8, 4) is 0 Å². The van der Waals surface area contributed by atoms with Gasteiger partial charge in [0.25, 0.3) is 5.91 Å². The van der Waals surface area contributed by atoms with E-state index in [9.17, 15) is 4.79 Å². The van der Waals surface area contributed by atoms with Crippen LogP contribution in [0.1, 0.15) is 34.8 Å². The number of aromatic nitrogens is 2. The summed E-state index contributed by atoms with van der Waals surface area (Å²) in [6.07, 6.45) is 1.03. The van der Waals surface area contributed by atoms with Gasteiger partial charge in [-0.15, -0.1) is 0 Å². The highest BCUT2D eigenvalue weighted by atomic mass is 35.5. The first-order valence-electron chi connectivity index (χ1n) is 12.0. The molecule has 0 N–H and O–H groups in total. The highest BCUT2D eigenvalue weighted by Gasteiger charge is 2.22. The topological polar surface area (TPSA) is 52.6 Å². The monoisotopic (exact) mass is 509 g/mol. The van der Waals surface area contributed by atoms with Crippen LogP contribution in [0.2, 0.25) is 5.15 Å². The van der Waals surface area contributed by atoms with Crippen LogP contribution >= 0.6 is 23.4 Å². The number of thioether (sulfide) groups is 1. The molecule has 1 saturated heterocycles. The fraction of sp³-hybridized carbons (Fsp3) is 0.370. The zero-order chi connectivity index (χ0) is 24.6. The Morgan fingerprint density at radius 1 is 1.00 bits per heavy atom. The van der Waals surface area contributed by atoms with E-state index >= 15 is 0 Å². The van der Waals surface area contributed by atoms with Gasteiger partial charge in [-0.2, -0.15) is 0 Å². The van der Waals surface area contributed by atoms with Crippen molar-refractivity contribution < 1.29 is 4.79 Å². The summed E-state index contributed by atoms with van der Waals surface area (Å²) >= 11 is 7.77. The van der Waals surface area contributed by atoms with E-state index in [4.69, 9.17) is 11.6 Å². The van der Waals surface area contributed by atoms with Crippen molar-refractivity contribution in [2.75, 3.05) is 44.7 Å². The van der Waals surface area contributed by atoms with Crippen LogP contribution in [0.25, 0.3) is 0 Å². The van der Waals surface area contributed by atoms with Crippen molar-refractivity contribution >= 4 is 35.1 Å². The Morgan fingerprint density at radius 2 is 1.74 bits per heavy atom. The second kappa shape index (κ2) is 12.4. The minimum atomic E-state index is 0.0960. The lowest BCUT2D eigenvalue weighted by Gasteiger charge is -2.34. The Morgan fingerprint density at radius 3 is 2.49 bits per heavy atom. The van der Waals surface area contributed by atoms with Crippen LogP contribution < -0.4 is 4.90 Å². The van der Waals surface area contributed by atoms with Gasteiger partial charge in [0.05, 0.1) is 0 Å². The molecule has 0 aliphatic carbocycles. The predicted molar refractivity (Wildman–Crippen MR) is 144 cm³/mol. The molecule has 0 radical (unpaired) electrons. The highest BCUT2D eigenvalue weighted by molar-refractivity contribution is 7.98. The normalized spacial score (nSPS) is 14.2. The smallest absolute Gasteiger partial charge is 0.253 e. The average Bonchev–Trinajstić information content (AvgIpc) is 2.88. The molecule has 1 aromatic heterocycles. The lowest BCUT2D eigenvalue weighted by Crippen LogP contribution is -2.48. The molecule has 1 amide bonds. The molecule has 184 valence electrons. The van der Waals surface area contributed by atoms with Crippen molar-refractivity contribution in [2.45, 2.75) is 30.8 Å². The maximum Gasteiger partial charge on any atom is 0.253 e. The molecule has 35 heavy (non-hydrogen) atoms. The van der Waals surface area contributed by atoms with E-state index < -0.39 is 0 Å². The fourth-order valence-corrected chi connectivity index (χ4v) is 5.19. The Hall–Kier alpha value is -2.61. The second-order valence-corrected chi connectivity index (χ2v) is 10.1. The molecule has 0 unspecified atom stereocenters. The molecule has 4 rings (SSSR count). The van der Waals surface area contributed by atoms with Gasteiger partial charge in [0.1, 0.15) is 11.0 Å². The molecule has 1 fully saturated rings. The largest absolute Gasteiger partial charge is 0.360 e. The van der Waals surface area contributed by atoms with Crippen LogP contribution in [0.15, 0.2) is 65.8 Å². The number of halogens is 1. The number of nitrogens with zero attached hydrogens (tertiary/aromatic N) is 5. The van der Waals surface area contributed by atoms with Gasteiger partial charge in [0.2, 0.25) is 0 Å². The molecule has 8 heteroatoms. The number of hydrogen-bond acceptors (Lipinski definition) is 6. The minimum absolute atomic E-state index is 0.0960. The lowest BCUT2D eigenvalue weighted by atomic mass is 10.1. The summed E-state index contributed by atoms with van der Waals surface area (Å²) in [5.74, 6) is 1.59. The molecule has 0 bridgehead atoms. The molecule has 0 atom stereocenters. The number of rotatable bonds is 9. The van der Waals surface area contributed by atoms with Crippen LogP contribution in [0.5, 0.6) is 0 Å². The number of carbonyl (C=O) groups is 1. The van der Waals surface area contributed by atoms with E-state index in [-0.39, 0.29) is 5.91 Å². The number of carbonyl (C=O) groups excluding carboxylic acids is 1. The van der Waals surface area contributed by atoms with Crippen LogP contribution in [-0.4, -0.2) is 65.4 Å². The van der Waals surface area contributed by atoms with Gasteiger partial charge >= 0.3 is 0 Å². The van der Waals surface area contributed by atoms with Crippen LogP contribution in [0.4, 0.5) is 5.82 Å². The van der Waals surface area contributed by atoms with E-state index in [0.29, 0.717) is 16.1 Å². The lowest BCUT2D eigenvalue weighted by molar-refractivity contribution is 0.0628. The van der Waals surface area contributed by atoms with Crippen LogP contribution in [-0.2, 0) is 12.3 Å². The Labute approximate surface area is 217 Å². The van der Waals surface area contributed by atoms with Gasteiger partial charge in [-0.05, 0) is 29.7 Å². The van der Waals surface area contributed by atoms with Gasteiger partial charge in [-0.3, -0.25) is 9.69 Å². The second-order valence-electron chi connectivity index (χ2n) is 8.80. The van der Waals surface area contributed by atoms with E-state index in [1.165, 1.54) is 17.3 Å². The number of amides is 1. The molecule has 3 aromatic rings. The summed E-state index contributed by atoms with van der Waals surface area (Å²) in [6.45, 7) is 7.23. The van der Waals surface area contributed by atoms with E-state index in [1.54, 1.807) is 6.07 Å². The summed E-state index contributed by atoms with van der Waals surface area (Å²) in [7, 11) is 2.01. The van der Waals surface area contributed by atoms with Crippen molar-refractivity contribution in [1.82, 2.24) is 19.8 Å². The number of piperazine rings is 1. The zero-order valence-electron chi connectivity index (χ0n) is 20.4. The highest BCUT2D eigenvalue weighted by Crippen LogP contribution is 2.25. The third-order valence-corrected chi connectivity index (χ3v) is 7.17. The number of benzene rings is 2. The van der Waals surface area contributed by atoms with Crippen molar-refractivity contribution in [3.63, 3.8) is 0 Å². The summed E-state index contributed by atoms with van der Waals surface area (Å²) in [6, 6.07) is 20.2. The quantitative estimate of drug-likeness (QED) is 0.224. The molecule has 0 spiro atoms. The summed E-state index contributed by atoms with van der Waals surface area (Å²) in [4.78, 5) is 28.6. The molecular formula is C27H32ClN5OS. The first-order chi connectivity index (χ1) is 17.0. The van der Waals surface area contributed by atoms with E-state index in [0.717, 1.165) is 62.6 Å². The van der Waals surface area contributed by atoms with E-state index in [1.807, 2.05) is 42.3 Å². The Balaban J connectivity index is 1.33. The predicted octanol–water partition coefficient (Wildman–Crippen LogP) is 5.23. The SMILES string of the molecule is CCCN(C)c1cc(Cl)nc(SCc2cccc(C(=O)N3CCN(Cc4ccccc4)CC3)c2)n1. The zero-order valence-corrected chi connectivity index (χ0v) is 21.9. The number of anilines is 1. The first kappa shape index (κ1) is 25.5. The van der Waals surface area contributed by atoms with Crippen LogP contribution in [0, 0.1) is 0 Å². The maximum atomic E-state index is 13.2. The molecule has 2 heterocycles. The minimum Gasteiger partial charge on any atom is -0.360 e. The third-order valence-electron chi connectivity index (χ3n) is 6.06. The van der Waals surface area contributed by atoms with Gasteiger partial charge in [-0.1, -0.05) is 72.8 Å². The van der Waals surface area contributed by atoms with Gasteiger partial charge in [0.15, 0.2) is 5.16 Å². The Kier molecular flexibility index (Phi) is 9.01. The van der Waals surface area contributed by atoms with Gasteiger partial charge in [-0.25, -0.2) is 9.97 Å². The number of hydrogen-bond donors (Lipinski definition) is 0. The van der Waals surface area contributed by atoms with Crippen molar-refractivity contribution in [3.05, 3.63) is 82.5 Å². The molecular weight excluding hydrogens is 478 g/mol. The summed E-state index contributed by atoms with van der Waals surface area (Å²) < 4.78 is 0. The van der Waals surface area contributed by atoms with E-state index in [2.05, 4.69) is 51.0 Å². The van der Waals surface area contributed by atoms with Gasteiger partial charge in [0, 0.05) is 63.7 Å². The molecule has 2 aromatic carbocycles. The third kappa shape index (κ3) is 7.19. The maximum absolute atomic E-state index is 13.2. The molecule has 1 aliphatic rings. The Bertz CT molecular complexity index is 1120. The van der Waals surface area contributed by atoms with Crippen molar-refractivity contribution in [2.24, 2.45) is 0 Å². The fourth-order valence-electron chi connectivity index (χ4n) is 4.17. The standard InChI is InChI=1S/C27H32ClN5OS/c1-3-12-31(2)25-18-24(28)29-27(30-25)35-20-22-10-7-11-23(17-22)26(34)33-15-13-32(14-16-33)19-21-8-5-4-6-9-21/h4-11,17-18H,3,12-16,19-20H2,1-2H3. The average molecular weight is 510 g/mol. The van der Waals surface area contributed by atoms with Crippen molar-refractivity contribution in [1.29, 1.82) is 0 Å². The van der Waals surface area contributed by atoms with Crippen LogP contribution in [0.3, 0.4) is 0 Å². The molecule has 0 saturated carbocycles. The summed E-state index contributed by atoms with van der Waals surface area (Å²) in [5, 5.41) is 1.08. The molecule has 6 nitrogen and oxygen atoms in total. The summed E-state index contributed by atoms with van der Waals surface area (Å²) in [5.41, 5.74) is 3.11. The van der Waals surface area contributed by atoms with Gasteiger partial charge < -0.3 is 9.80 Å².